The van der Waals surface area contributed by atoms with Crippen LogP contribution in [0.15, 0.2) is 48.1 Å². The first-order valence-electron chi connectivity index (χ1n) is 6.83. The molecule has 0 atom stereocenters. The summed E-state index contributed by atoms with van der Waals surface area (Å²) in [5.41, 5.74) is 3.19. The van der Waals surface area contributed by atoms with Gasteiger partial charge in [0, 0.05) is 24.0 Å². The van der Waals surface area contributed by atoms with Gasteiger partial charge in [0.05, 0.1) is 17.6 Å². The highest BCUT2D eigenvalue weighted by Crippen LogP contribution is 2.33. The number of hydrogen-bond acceptors (Lipinski definition) is 4. The van der Waals surface area contributed by atoms with Crippen LogP contribution >= 0.6 is 11.3 Å². The van der Waals surface area contributed by atoms with Crippen molar-refractivity contribution in [2.24, 2.45) is 7.05 Å². The Morgan fingerprint density at radius 3 is 2.62 bits per heavy atom. The molecule has 1 N–H and O–H groups in total. The predicted octanol–water partition coefficient (Wildman–Crippen LogP) is 3.95. The smallest absolute Gasteiger partial charge is 0.187 e. The van der Waals surface area contributed by atoms with Crippen molar-refractivity contribution in [3.8, 4) is 0 Å². The maximum absolute atomic E-state index is 4.73. The van der Waals surface area contributed by atoms with Crippen LogP contribution in [0.5, 0.6) is 0 Å². The van der Waals surface area contributed by atoms with Gasteiger partial charge >= 0.3 is 0 Å². The number of anilines is 2. The number of thiazole rings is 1. The maximum Gasteiger partial charge on any atom is 0.187 e. The molecule has 0 saturated heterocycles. The van der Waals surface area contributed by atoms with Gasteiger partial charge in [0.1, 0.15) is 0 Å². The molecule has 0 spiro atoms. The molecule has 3 aromatic rings. The molecular formula is C16H18N4S. The van der Waals surface area contributed by atoms with E-state index in [1.807, 2.05) is 19.3 Å². The summed E-state index contributed by atoms with van der Waals surface area (Å²) in [6, 6.07) is 10.5. The van der Waals surface area contributed by atoms with Crippen molar-refractivity contribution in [2.45, 2.75) is 19.3 Å². The third-order valence-corrected chi connectivity index (χ3v) is 4.35. The normalized spacial score (nSPS) is 11.6. The molecule has 4 nitrogen and oxygen atoms in total. The fourth-order valence-corrected chi connectivity index (χ4v) is 3.13. The van der Waals surface area contributed by atoms with Gasteiger partial charge in [-0.1, -0.05) is 44.2 Å². The Hall–Kier alpha value is -2.14. The van der Waals surface area contributed by atoms with Crippen LogP contribution in [0.2, 0.25) is 0 Å². The number of benzene rings is 1. The Morgan fingerprint density at radius 2 is 1.95 bits per heavy atom. The van der Waals surface area contributed by atoms with E-state index in [9.17, 15) is 0 Å². The first kappa shape index (κ1) is 13.8. The van der Waals surface area contributed by atoms with Crippen LogP contribution in [-0.2, 0) is 12.5 Å². The molecule has 108 valence electrons. The topological polar surface area (TPSA) is 42.7 Å². The molecule has 0 aliphatic carbocycles. The van der Waals surface area contributed by atoms with E-state index < -0.39 is 0 Å². The highest BCUT2D eigenvalue weighted by Gasteiger charge is 2.25. The molecular weight excluding hydrogens is 280 g/mol. The van der Waals surface area contributed by atoms with Crippen molar-refractivity contribution >= 4 is 22.2 Å². The molecule has 0 aliphatic heterocycles. The summed E-state index contributed by atoms with van der Waals surface area (Å²) in [4.78, 5) is 4.73. The molecule has 0 unspecified atom stereocenters. The van der Waals surface area contributed by atoms with Crippen LogP contribution in [0.1, 0.15) is 25.1 Å². The molecule has 0 aliphatic rings. The summed E-state index contributed by atoms with van der Waals surface area (Å²) in [5.74, 6) is 0. The molecule has 5 heteroatoms. The number of hydrogen-bond donors (Lipinski definition) is 1. The lowest BCUT2D eigenvalue weighted by Crippen LogP contribution is -2.19. The Kier molecular flexibility index (Phi) is 3.51. The van der Waals surface area contributed by atoms with Crippen LogP contribution in [0.3, 0.4) is 0 Å². The van der Waals surface area contributed by atoms with E-state index in [2.05, 4.69) is 53.9 Å². The average molecular weight is 298 g/mol. The van der Waals surface area contributed by atoms with Crippen molar-refractivity contribution in [1.82, 2.24) is 14.8 Å². The van der Waals surface area contributed by atoms with Gasteiger partial charge in [-0.25, -0.2) is 4.98 Å². The van der Waals surface area contributed by atoms with Gasteiger partial charge in [0.25, 0.3) is 0 Å². The summed E-state index contributed by atoms with van der Waals surface area (Å²) in [7, 11) is 1.90. The quantitative estimate of drug-likeness (QED) is 0.793. The second kappa shape index (κ2) is 5.33. The predicted molar refractivity (Wildman–Crippen MR) is 87.2 cm³/mol. The largest absolute Gasteiger partial charge is 0.329 e. The van der Waals surface area contributed by atoms with Crippen LogP contribution in [0.25, 0.3) is 0 Å². The Balaban J connectivity index is 1.84. The average Bonchev–Trinajstić information content (AvgIpc) is 3.10. The third-order valence-electron chi connectivity index (χ3n) is 3.60. The summed E-state index contributed by atoms with van der Waals surface area (Å²) in [5, 5.41) is 10.4. The number of nitrogens with one attached hydrogen (secondary N) is 1. The number of aromatic nitrogens is 3. The van der Waals surface area contributed by atoms with Gasteiger partial charge in [0.2, 0.25) is 0 Å². The van der Waals surface area contributed by atoms with E-state index in [4.69, 9.17) is 4.98 Å². The lowest BCUT2D eigenvalue weighted by atomic mass is 9.82. The molecule has 2 aromatic heterocycles. The number of nitrogens with zero attached hydrogens (tertiary/aromatic N) is 3. The first-order valence-corrected chi connectivity index (χ1v) is 7.71. The lowest BCUT2D eigenvalue weighted by molar-refractivity contribution is 0.622. The zero-order chi connectivity index (χ0) is 14.9. The Bertz CT molecular complexity index is 728. The molecule has 0 bridgehead atoms. The third kappa shape index (κ3) is 2.83. The van der Waals surface area contributed by atoms with Gasteiger partial charge in [0.15, 0.2) is 5.13 Å². The summed E-state index contributed by atoms with van der Waals surface area (Å²) in [6.45, 7) is 4.40. The SMILES string of the molecule is Cn1cc(Nc2nc(C(C)(C)c3ccccc3)cs2)cn1. The van der Waals surface area contributed by atoms with Crippen molar-refractivity contribution < 1.29 is 0 Å². The summed E-state index contributed by atoms with van der Waals surface area (Å²) in [6.07, 6.45) is 3.73. The second-order valence-electron chi connectivity index (χ2n) is 5.56. The number of rotatable bonds is 4. The standard InChI is InChI=1S/C16H18N4S/c1-16(2,12-7-5-4-6-8-12)14-11-21-15(19-14)18-13-9-17-20(3)10-13/h4-11H,1-3H3,(H,18,19). The van der Waals surface area contributed by atoms with E-state index in [0.717, 1.165) is 16.5 Å². The zero-order valence-corrected chi connectivity index (χ0v) is 13.2. The fraction of sp³-hybridized carbons (Fsp3) is 0.250. The maximum atomic E-state index is 4.73. The second-order valence-corrected chi connectivity index (χ2v) is 6.41. The fourth-order valence-electron chi connectivity index (χ4n) is 2.23. The Labute approximate surface area is 128 Å². The molecule has 21 heavy (non-hydrogen) atoms. The lowest BCUT2D eigenvalue weighted by Gasteiger charge is -2.23. The van der Waals surface area contributed by atoms with E-state index in [1.165, 1.54) is 5.56 Å². The highest BCUT2D eigenvalue weighted by atomic mass is 32.1. The minimum atomic E-state index is -0.105. The van der Waals surface area contributed by atoms with Crippen LogP contribution in [0, 0.1) is 0 Å². The van der Waals surface area contributed by atoms with Crippen molar-refractivity contribution in [3.63, 3.8) is 0 Å². The van der Waals surface area contributed by atoms with Crippen LogP contribution in [-0.4, -0.2) is 14.8 Å². The highest BCUT2D eigenvalue weighted by molar-refractivity contribution is 7.13. The molecule has 3 rings (SSSR count). The van der Waals surface area contributed by atoms with E-state index >= 15 is 0 Å². The van der Waals surface area contributed by atoms with Crippen molar-refractivity contribution in [1.29, 1.82) is 0 Å². The van der Waals surface area contributed by atoms with E-state index in [1.54, 1.807) is 22.2 Å². The molecule has 0 radical (unpaired) electrons. The summed E-state index contributed by atoms with van der Waals surface area (Å²) < 4.78 is 1.77. The van der Waals surface area contributed by atoms with Crippen LogP contribution in [0.4, 0.5) is 10.8 Å². The van der Waals surface area contributed by atoms with Crippen molar-refractivity contribution in [3.05, 3.63) is 59.4 Å². The molecule has 0 fully saturated rings. The molecule has 1 aromatic carbocycles. The first-order chi connectivity index (χ1) is 10.1. The van der Waals surface area contributed by atoms with Gasteiger partial charge in [-0.15, -0.1) is 11.3 Å². The minimum Gasteiger partial charge on any atom is -0.329 e. The van der Waals surface area contributed by atoms with E-state index in [-0.39, 0.29) is 5.41 Å². The molecule has 0 saturated carbocycles. The zero-order valence-electron chi connectivity index (χ0n) is 12.4. The van der Waals surface area contributed by atoms with Gasteiger partial charge in [-0.3, -0.25) is 4.68 Å². The van der Waals surface area contributed by atoms with Gasteiger partial charge in [-0.2, -0.15) is 5.10 Å². The van der Waals surface area contributed by atoms with Gasteiger partial charge < -0.3 is 5.32 Å². The molecule has 2 heterocycles. The monoisotopic (exact) mass is 298 g/mol. The number of aryl methyl sites for hydroxylation is 1. The Morgan fingerprint density at radius 1 is 1.19 bits per heavy atom. The summed E-state index contributed by atoms with van der Waals surface area (Å²) >= 11 is 1.62. The van der Waals surface area contributed by atoms with Crippen LogP contribution < -0.4 is 5.32 Å². The minimum absolute atomic E-state index is 0.105. The van der Waals surface area contributed by atoms with Crippen molar-refractivity contribution in [2.75, 3.05) is 5.32 Å². The molecule has 0 amide bonds. The van der Waals surface area contributed by atoms with E-state index in [0.29, 0.717) is 0 Å². The van der Waals surface area contributed by atoms with Gasteiger partial charge in [-0.05, 0) is 5.56 Å².